The summed E-state index contributed by atoms with van der Waals surface area (Å²) in [6, 6.07) is 8.22. The minimum absolute atomic E-state index is 0.765. The first kappa shape index (κ1) is 13.5. The molecule has 20 heavy (non-hydrogen) atoms. The SMILES string of the molecule is CCNc1nc(-c2csc(Br)c2)nc2cccc(C)c12. The number of fused-ring (bicyclic) bond motifs is 1. The highest BCUT2D eigenvalue weighted by atomic mass is 79.9. The molecule has 3 aromatic rings. The summed E-state index contributed by atoms with van der Waals surface area (Å²) in [6.07, 6.45) is 0. The molecule has 0 unspecified atom stereocenters. The van der Waals surface area contributed by atoms with E-state index in [1.54, 1.807) is 11.3 Å². The van der Waals surface area contributed by atoms with Crippen LogP contribution in [0.3, 0.4) is 0 Å². The molecule has 5 heteroatoms. The highest BCUT2D eigenvalue weighted by Crippen LogP contribution is 2.31. The first-order chi connectivity index (χ1) is 9.69. The van der Waals surface area contributed by atoms with Crippen LogP contribution in [0.1, 0.15) is 12.5 Å². The number of thiophene rings is 1. The molecule has 2 heterocycles. The molecule has 0 aliphatic rings. The molecule has 102 valence electrons. The van der Waals surface area contributed by atoms with Crippen molar-refractivity contribution >= 4 is 44.0 Å². The second-order valence-corrected chi connectivity index (χ2v) is 6.83. The van der Waals surface area contributed by atoms with Gasteiger partial charge >= 0.3 is 0 Å². The lowest BCUT2D eigenvalue weighted by atomic mass is 10.1. The highest BCUT2D eigenvalue weighted by molar-refractivity contribution is 9.11. The van der Waals surface area contributed by atoms with Crippen LogP contribution in [0.5, 0.6) is 0 Å². The van der Waals surface area contributed by atoms with Gasteiger partial charge in [-0.3, -0.25) is 0 Å². The van der Waals surface area contributed by atoms with E-state index in [-0.39, 0.29) is 0 Å². The number of halogens is 1. The molecule has 1 aromatic carbocycles. The van der Waals surface area contributed by atoms with E-state index in [0.29, 0.717) is 0 Å². The van der Waals surface area contributed by atoms with Crippen molar-refractivity contribution in [1.29, 1.82) is 0 Å². The Morgan fingerprint density at radius 2 is 2.15 bits per heavy atom. The molecule has 1 N–H and O–H groups in total. The molecule has 0 saturated heterocycles. The third kappa shape index (κ3) is 2.43. The predicted molar refractivity (Wildman–Crippen MR) is 89.5 cm³/mol. The molecule has 0 spiro atoms. The van der Waals surface area contributed by atoms with E-state index in [2.05, 4.69) is 52.6 Å². The van der Waals surface area contributed by atoms with Crippen LogP contribution in [0.4, 0.5) is 5.82 Å². The Kier molecular flexibility index (Phi) is 3.72. The van der Waals surface area contributed by atoms with Crippen molar-refractivity contribution in [3.8, 4) is 11.4 Å². The van der Waals surface area contributed by atoms with Gasteiger partial charge in [-0.1, -0.05) is 12.1 Å². The van der Waals surface area contributed by atoms with E-state index in [0.717, 1.165) is 38.4 Å². The zero-order valence-corrected chi connectivity index (χ0v) is 13.7. The number of nitrogens with zero attached hydrogens (tertiary/aromatic N) is 2. The Morgan fingerprint density at radius 1 is 1.30 bits per heavy atom. The van der Waals surface area contributed by atoms with Crippen LogP contribution in [-0.4, -0.2) is 16.5 Å². The number of hydrogen-bond acceptors (Lipinski definition) is 4. The molecule has 0 atom stereocenters. The third-order valence-corrected chi connectivity index (χ3v) is 4.61. The van der Waals surface area contributed by atoms with Crippen LogP contribution in [-0.2, 0) is 0 Å². The van der Waals surface area contributed by atoms with Gasteiger partial charge in [-0.25, -0.2) is 9.97 Å². The zero-order valence-electron chi connectivity index (χ0n) is 11.3. The summed E-state index contributed by atoms with van der Waals surface area (Å²) in [7, 11) is 0. The van der Waals surface area contributed by atoms with Gasteiger partial charge in [-0.2, -0.15) is 0 Å². The van der Waals surface area contributed by atoms with E-state index < -0.39 is 0 Å². The maximum Gasteiger partial charge on any atom is 0.163 e. The molecule has 2 aromatic heterocycles. The monoisotopic (exact) mass is 347 g/mol. The van der Waals surface area contributed by atoms with Crippen LogP contribution in [0, 0.1) is 6.92 Å². The smallest absolute Gasteiger partial charge is 0.163 e. The van der Waals surface area contributed by atoms with Gasteiger partial charge < -0.3 is 5.32 Å². The molecule has 3 nitrogen and oxygen atoms in total. The Morgan fingerprint density at radius 3 is 2.85 bits per heavy atom. The summed E-state index contributed by atoms with van der Waals surface area (Å²) < 4.78 is 1.09. The molecule has 0 fully saturated rings. The van der Waals surface area contributed by atoms with E-state index >= 15 is 0 Å². The molecule has 0 aliphatic carbocycles. The first-order valence-corrected chi connectivity index (χ1v) is 8.12. The number of nitrogens with one attached hydrogen (secondary N) is 1. The Bertz CT molecular complexity index is 767. The van der Waals surface area contributed by atoms with Gasteiger partial charge in [0.2, 0.25) is 0 Å². The summed E-state index contributed by atoms with van der Waals surface area (Å²) in [6.45, 7) is 5.01. The molecular formula is C15H14BrN3S. The molecule has 0 radical (unpaired) electrons. The maximum atomic E-state index is 4.70. The normalized spacial score (nSPS) is 10.9. The lowest BCUT2D eigenvalue weighted by molar-refractivity contribution is 1.14. The van der Waals surface area contributed by atoms with Crippen molar-refractivity contribution in [2.75, 3.05) is 11.9 Å². The third-order valence-electron chi connectivity index (χ3n) is 3.10. The summed E-state index contributed by atoms with van der Waals surface area (Å²) >= 11 is 5.13. The first-order valence-electron chi connectivity index (χ1n) is 6.44. The van der Waals surface area contributed by atoms with E-state index in [9.17, 15) is 0 Å². The number of anilines is 1. The number of aryl methyl sites for hydroxylation is 1. The molecule has 0 amide bonds. The van der Waals surface area contributed by atoms with Crippen molar-refractivity contribution in [3.63, 3.8) is 0 Å². The van der Waals surface area contributed by atoms with Crippen molar-refractivity contribution < 1.29 is 0 Å². The Balaban J connectivity index is 2.25. The number of hydrogen-bond donors (Lipinski definition) is 1. The highest BCUT2D eigenvalue weighted by Gasteiger charge is 2.11. The van der Waals surface area contributed by atoms with Crippen molar-refractivity contribution in [3.05, 3.63) is 39.0 Å². The minimum atomic E-state index is 0.765. The molecule has 0 saturated carbocycles. The average Bonchev–Trinajstić information content (AvgIpc) is 2.85. The van der Waals surface area contributed by atoms with Gasteiger partial charge in [0, 0.05) is 22.9 Å². The van der Waals surface area contributed by atoms with Gasteiger partial charge in [-0.15, -0.1) is 11.3 Å². The molecular weight excluding hydrogens is 334 g/mol. The van der Waals surface area contributed by atoms with Crippen LogP contribution < -0.4 is 5.32 Å². The van der Waals surface area contributed by atoms with Crippen molar-refractivity contribution in [1.82, 2.24) is 9.97 Å². The van der Waals surface area contributed by atoms with Gasteiger partial charge in [0.15, 0.2) is 5.82 Å². The fraction of sp³-hybridized carbons (Fsp3) is 0.200. The Labute approximate surface area is 130 Å². The lowest BCUT2D eigenvalue weighted by Gasteiger charge is -2.10. The lowest BCUT2D eigenvalue weighted by Crippen LogP contribution is -2.03. The Hall–Kier alpha value is -1.46. The number of aromatic nitrogens is 2. The van der Waals surface area contributed by atoms with Crippen molar-refractivity contribution in [2.24, 2.45) is 0 Å². The topological polar surface area (TPSA) is 37.8 Å². The molecule has 3 rings (SSSR count). The molecule has 0 bridgehead atoms. The second kappa shape index (κ2) is 5.50. The predicted octanol–water partition coefficient (Wildman–Crippen LogP) is 4.86. The minimum Gasteiger partial charge on any atom is -0.370 e. The summed E-state index contributed by atoms with van der Waals surface area (Å²) in [5, 5.41) is 6.52. The standard InChI is InChI=1S/C15H14BrN3S/c1-3-17-15-13-9(2)5-4-6-11(13)18-14(19-15)10-7-12(16)20-8-10/h4-8H,3H2,1-2H3,(H,17,18,19). The van der Waals surface area contributed by atoms with Crippen LogP contribution in [0.25, 0.3) is 22.3 Å². The van der Waals surface area contributed by atoms with Gasteiger partial charge in [0.1, 0.15) is 5.82 Å². The average molecular weight is 348 g/mol. The second-order valence-electron chi connectivity index (χ2n) is 4.53. The van der Waals surface area contributed by atoms with Crippen LogP contribution >= 0.6 is 27.3 Å². The maximum absolute atomic E-state index is 4.70. The van der Waals surface area contributed by atoms with Gasteiger partial charge in [0.25, 0.3) is 0 Å². The summed E-state index contributed by atoms with van der Waals surface area (Å²) in [5.41, 5.74) is 3.22. The zero-order chi connectivity index (χ0) is 14.1. The summed E-state index contributed by atoms with van der Waals surface area (Å²) in [5.74, 6) is 1.67. The number of benzene rings is 1. The van der Waals surface area contributed by atoms with E-state index in [4.69, 9.17) is 9.97 Å². The quantitative estimate of drug-likeness (QED) is 0.734. The number of rotatable bonds is 3. The van der Waals surface area contributed by atoms with Crippen LogP contribution in [0.15, 0.2) is 33.4 Å². The summed E-state index contributed by atoms with van der Waals surface area (Å²) in [4.78, 5) is 9.40. The fourth-order valence-electron chi connectivity index (χ4n) is 2.21. The van der Waals surface area contributed by atoms with Gasteiger partial charge in [0.05, 0.1) is 9.30 Å². The van der Waals surface area contributed by atoms with E-state index in [1.165, 1.54) is 5.56 Å². The molecule has 0 aliphatic heterocycles. The van der Waals surface area contributed by atoms with Crippen LogP contribution in [0.2, 0.25) is 0 Å². The largest absolute Gasteiger partial charge is 0.370 e. The fourth-order valence-corrected chi connectivity index (χ4v) is 3.34. The van der Waals surface area contributed by atoms with Gasteiger partial charge in [-0.05, 0) is 47.5 Å². The van der Waals surface area contributed by atoms with E-state index in [1.807, 2.05) is 12.1 Å². The van der Waals surface area contributed by atoms with Crippen molar-refractivity contribution in [2.45, 2.75) is 13.8 Å².